The molecule has 0 aliphatic heterocycles. The van der Waals surface area contributed by atoms with E-state index in [1.807, 2.05) is 0 Å². The van der Waals surface area contributed by atoms with Crippen LogP contribution >= 0.6 is 0 Å². The standard InChI is InChI=1S/C60H118O5/c1-4-7-10-13-16-19-22-25-27-29-30-31-32-33-34-36-39-42-45-48-51-54-60(62)65-57-58(56-64-59(61)53-50-47-44-41-38-24-21-18-15-12-9-6-3)63-55-52-49-46-43-40-37-35-28-26-23-20-17-14-11-8-5-2/h58H,4-57H2,1-3H3/t58-/m0/s1. The molecule has 0 rings (SSSR count). The van der Waals surface area contributed by atoms with Crippen LogP contribution in [0.4, 0.5) is 0 Å². The Morgan fingerprint density at radius 2 is 0.446 bits per heavy atom. The normalized spacial score (nSPS) is 12.0. The average Bonchev–Trinajstić information content (AvgIpc) is 3.31. The molecule has 0 saturated heterocycles. The van der Waals surface area contributed by atoms with Gasteiger partial charge in [0.2, 0.25) is 0 Å². The Balaban J connectivity index is 4.11. The number of unbranched alkanes of at least 4 members (excludes halogenated alkanes) is 46. The molecule has 0 bridgehead atoms. The monoisotopic (exact) mass is 919 g/mol. The minimum Gasteiger partial charge on any atom is -0.463 e. The Morgan fingerprint density at radius 1 is 0.262 bits per heavy atom. The molecule has 0 amide bonds. The van der Waals surface area contributed by atoms with Crippen molar-refractivity contribution in [2.24, 2.45) is 0 Å². The Bertz CT molecular complexity index is 906. The predicted molar refractivity (Wildman–Crippen MR) is 284 cm³/mol. The minimum atomic E-state index is -0.388. The second-order valence-corrected chi connectivity index (χ2v) is 20.6. The van der Waals surface area contributed by atoms with Gasteiger partial charge in [0, 0.05) is 19.4 Å². The molecule has 5 nitrogen and oxygen atoms in total. The molecule has 0 fully saturated rings. The third-order valence-electron chi connectivity index (χ3n) is 13.9. The Labute approximate surface area is 408 Å². The number of esters is 2. The molecule has 0 aromatic carbocycles. The maximum absolute atomic E-state index is 12.7. The van der Waals surface area contributed by atoms with Crippen LogP contribution in [0.5, 0.6) is 0 Å². The summed E-state index contributed by atoms with van der Waals surface area (Å²) in [5, 5.41) is 0. The lowest BCUT2D eigenvalue weighted by Gasteiger charge is -2.18. The molecular formula is C60H118O5. The van der Waals surface area contributed by atoms with Crippen molar-refractivity contribution in [2.45, 2.75) is 354 Å². The molecule has 388 valence electrons. The lowest BCUT2D eigenvalue weighted by molar-refractivity contribution is -0.155. The summed E-state index contributed by atoms with van der Waals surface area (Å²) >= 11 is 0. The molecule has 0 aliphatic rings. The Morgan fingerprint density at radius 3 is 0.662 bits per heavy atom. The van der Waals surface area contributed by atoms with E-state index in [2.05, 4.69) is 20.8 Å². The van der Waals surface area contributed by atoms with E-state index in [1.165, 1.54) is 276 Å². The van der Waals surface area contributed by atoms with Crippen molar-refractivity contribution in [1.29, 1.82) is 0 Å². The topological polar surface area (TPSA) is 61.8 Å². The first-order valence-electron chi connectivity index (χ1n) is 30.1. The zero-order valence-electron chi connectivity index (χ0n) is 44.8. The van der Waals surface area contributed by atoms with Crippen molar-refractivity contribution >= 4 is 11.9 Å². The maximum Gasteiger partial charge on any atom is 0.305 e. The molecule has 0 N–H and O–H groups in total. The van der Waals surface area contributed by atoms with Crippen LogP contribution in [0, 0.1) is 0 Å². The van der Waals surface area contributed by atoms with E-state index in [0.717, 1.165) is 38.5 Å². The van der Waals surface area contributed by atoms with Crippen molar-refractivity contribution in [1.82, 2.24) is 0 Å². The molecule has 0 radical (unpaired) electrons. The van der Waals surface area contributed by atoms with Crippen LogP contribution < -0.4 is 0 Å². The third kappa shape index (κ3) is 55.4. The molecule has 0 unspecified atom stereocenters. The highest BCUT2D eigenvalue weighted by molar-refractivity contribution is 5.69. The third-order valence-corrected chi connectivity index (χ3v) is 13.9. The summed E-state index contributed by atoms with van der Waals surface area (Å²) in [6.45, 7) is 7.82. The van der Waals surface area contributed by atoms with Crippen LogP contribution in [0.1, 0.15) is 348 Å². The highest BCUT2D eigenvalue weighted by Crippen LogP contribution is 2.18. The van der Waals surface area contributed by atoms with Gasteiger partial charge < -0.3 is 14.2 Å². The van der Waals surface area contributed by atoms with E-state index in [9.17, 15) is 9.59 Å². The van der Waals surface area contributed by atoms with E-state index in [4.69, 9.17) is 14.2 Å². The molecule has 0 spiro atoms. The predicted octanol–water partition coefficient (Wildman–Crippen LogP) is 20.4. The van der Waals surface area contributed by atoms with Gasteiger partial charge in [-0.1, -0.05) is 316 Å². The summed E-state index contributed by atoms with van der Waals surface area (Å²) < 4.78 is 17.5. The van der Waals surface area contributed by atoms with Crippen LogP contribution in [0.25, 0.3) is 0 Å². The van der Waals surface area contributed by atoms with E-state index in [1.54, 1.807) is 0 Å². The fourth-order valence-electron chi connectivity index (χ4n) is 9.37. The van der Waals surface area contributed by atoms with E-state index in [0.29, 0.717) is 19.4 Å². The number of hydrogen-bond acceptors (Lipinski definition) is 5. The fraction of sp³-hybridized carbons (Fsp3) is 0.967. The first-order chi connectivity index (χ1) is 32.1. The van der Waals surface area contributed by atoms with Gasteiger partial charge in [0.1, 0.15) is 19.3 Å². The molecule has 65 heavy (non-hydrogen) atoms. The molecule has 0 aliphatic carbocycles. The highest BCUT2D eigenvalue weighted by Gasteiger charge is 2.16. The van der Waals surface area contributed by atoms with Crippen molar-refractivity contribution in [2.75, 3.05) is 19.8 Å². The number of carbonyl (C=O) groups is 2. The number of rotatable bonds is 57. The van der Waals surface area contributed by atoms with E-state index < -0.39 is 0 Å². The van der Waals surface area contributed by atoms with Gasteiger partial charge in [0.15, 0.2) is 0 Å². The number of ether oxygens (including phenoxy) is 3. The number of carbonyl (C=O) groups excluding carboxylic acids is 2. The molecule has 5 heteroatoms. The van der Waals surface area contributed by atoms with Gasteiger partial charge in [0.25, 0.3) is 0 Å². The van der Waals surface area contributed by atoms with Crippen molar-refractivity contribution in [3.05, 3.63) is 0 Å². The van der Waals surface area contributed by atoms with Crippen LogP contribution in [-0.4, -0.2) is 37.9 Å². The molecule has 0 aromatic rings. The van der Waals surface area contributed by atoms with Gasteiger partial charge >= 0.3 is 11.9 Å². The van der Waals surface area contributed by atoms with Crippen LogP contribution in [0.15, 0.2) is 0 Å². The molecular weight excluding hydrogens is 801 g/mol. The van der Waals surface area contributed by atoms with Gasteiger partial charge in [-0.15, -0.1) is 0 Å². The highest BCUT2D eigenvalue weighted by atomic mass is 16.6. The van der Waals surface area contributed by atoms with Gasteiger partial charge in [-0.25, -0.2) is 0 Å². The summed E-state index contributed by atoms with van der Waals surface area (Å²) in [4.78, 5) is 25.3. The molecule has 0 heterocycles. The second kappa shape index (κ2) is 57.2. The maximum atomic E-state index is 12.7. The van der Waals surface area contributed by atoms with Gasteiger partial charge in [-0.2, -0.15) is 0 Å². The number of hydrogen-bond donors (Lipinski definition) is 0. The second-order valence-electron chi connectivity index (χ2n) is 20.6. The van der Waals surface area contributed by atoms with Gasteiger partial charge in [-0.3, -0.25) is 9.59 Å². The summed E-state index contributed by atoms with van der Waals surface area (Å²) in [5.41, 5.74) is 0. The zero-order chi connectivity index (χ0) is 47.0. The Hall–Kier alpha value is -1.10. The molecule has 0 saturated carbocycles. The van der Waals surface area contributed by atoms with Crippen molar-refractivity contribution < 1.29 is 23.8 Å². The molecule has 0 aromatic heterocycles. The lowest BCUT2D eigenvalue weighted by atomic mass is 10.0. The van der Waals surface area contributed by atoms with Crippen LogP contribution in [0.3, 0.4) is 0 Å². The quantitative estimate of drug-likeness (QED) is 0.0449. The first kappa shape index (κ1) is 63.9. The van der Waals surface area contributed by atoms with Crippen molar-refractivity contribution in [3.8, 4) is 0 Å². The summed E-state index contributed by atoms with van der Waals surface area (Å²) in [6.07, 6.45) is 65.8. The fourth-order valence-corrected chi connectivity index (χ4v) is 9.37. The summed E-state index contributed by atoms with van der Waals surface area (Å²) in [7, 11) is 0. The van der Waals surface area contributed by atoms with Crippen LogP contribution in [-0.2, 0) is 23.8 Å². The zero-order valence-corrected chi connectivity index (χ0v) is 44.8. The minimum absolute atomic E-state index is 0.151. The average molecular weight is 920 g/mol. The smallest absolute Gasteiger partial charge is 0.305 e. The largest absolute Gasteiger partial charge is 0.463 e. The summed E-state index contributed by atoms with van der Waals surface area (Å²) in [5.74, 6) is -0.305. The van der Waals surface area contributed by atoms with Crippen molar-refractivity contribution in [3.63, 3.8) is 0 Å². The first-order valence-corrected chi connectivity index (χ1v) is 30.1. The molecule has 1 atom stereocenters. The van der Waals surface area contributed by atoms with Gasteiger partial charge in [0.05, 0.1) is 0 Å². The lowest BCUT2D eigenvalue weighted by Crippen LogP contribution is -2.29. The summed E-state index contributed by atoms with van der Waals surface area (Å²) in [6, 6.07) is 0. The van der Waals surface area contributed by atoms with Crippen LogP contribution in [0.2, 0.25) is 0 Å². The van der Waals surface area contributed by atoms with E-state index >= 15 is 0 Å². The Kier molecular flexibility index (Phi) is 56.3. The van der Waals surface area contributed by atoms with Gasteiger partial charge in [-0.05, 0) is 19.3 Å². The van der Waals surface area contributed by atoms with E-state index in [-0.39, 0.29) is 31.3 Å². The SMILES string of the molecule is CCCCCCCCCCCCCCCCCCCCCCCC(=O)OC[C@H](COC(=O)CCCCCCCCCCCCCC)OCCCCCCCCCCCCCCCCCC.